The summed E-state index contributed by atoms with van der Waals surface area (Å²) in [6, 6.07) is 5.75. The number of aliphatic hydroxyl groups is 1. The molecule has 19 heavy (non-hydrogen) atoms. The molecule has 104 valence electrons. The Morgan fingerprint density at radius 2 is 2.37 bits per heavy atom. The Bertz CT molecular complexity index is 467. The van der Waals surface area contributed by atoms with Crippen molar-refractivity contribution in [1.82, 2.24) is 4.90 Å². The van der Waals surface area contributed by atoms with E-state index in [2.05, 4.69) is 10.2 Å². The number of piperidine rings is 1. The molecule has 1 heterocycles. The van der Waals surface area contributed by atoms with E-state index in [0.717, 1.165) is 42.2 Å². The first kappa shape index (κ1) is 14.6. The topological polar surface area (TPSA) is 35.5 Å². The monoisotopic (exact) mass is 298 g/mol. The third kappa shape index (κ3) is 3.59. The fourth-order valence-electron chi connectivity index (χ4n) is 2.34. The molecule has 0 aliphatic carbocycles. The maximum atomic E-state index is 9.25. The van der Waals surface area contributed by atoms with Gasteiger partial charge in [0.1, 0.15) is 0 Å². The van der Waals surface area contributed by atoms with Crippen molar-refractivity contribution in [3.8, 4) is 0 Å². The molecule has 0 saturated carbocycles. The van der Waals surface area contributed by atoms with Gasteiger partial charge in [-0.15, -0.1) is 0 Å². The summed E-state index contributed by atoms with van der Waals surface area (Å²) in [7, 11) is 0. The van der Waals surface area contributed by atoms with Crippen LogP contribution in [0.2, 0.25) is 5.02 Å². The van der Waals surface area contributed by atoms with E-state index in [1.807, 2.05) is 25.1 Å². The predicted molar refractivity (Wildman–Crippen MR) is 83.8 cm³/mol. The summed E-state index contributed by atoms with van der Waals surface area (Å²) >= 11 is 11.5. The molecule has 0 amide bonds. The van der Waals surface area contributed by atoms with E-state index in [1.165, 1.54) is 0 Å². The zero-order valence-electron chi connectivity index (χ0n) is 11.0. The van der Waals surface area contributed by atoms with E-state index in [0.29, 0.717) is 11.0 Å². The zero-order valence-corrected chi connectivity index (χ0v) is 12.6. The van der Waals surface area contributed by atoms with Crippen molar-refractivity contribution in [2.45, 2.75) is 19.8 Å². The van der Waals surface area contributed by atoms with Crippen LogP contribution in [-0.2, 0) is 0 Å². The first-order chi connectivity index (χ1) is 9.11. The summed E-state index contributed by atoms with van der Waals surface area (Å²) in [6.07, 6.45) is 2.15. The second kappa shape index (κ2) is 6.55. The maximum Gasteiger partial charge on any atom is 0.173 e. The molecule has 5 heteroatoms. The summed E-state index contributed by atoms with van der Waals surface area (Å²) in [6.45, 7) is 3.97. The molecule has 1 saturated heterocycles. The molecule has 1 aliphatic heterocycles. The van der Waals surface area contributed by atoms with Gasteiger partial charge < -0.3 is 15.3 Å². The summed E-state index contributed by atoms with van der Waals surface area (Å²) in [4.78, 5) is 2.13. The van der Waals surface area contributed by atoms with Crippen LogP contribution in [0, 0.1) is 12.8 Å². The number of likely N-dealkylation sites (tertiary alicyclic amines) is 1. The Morgan fingerprint density at radius 1 is 1.58 bits per heavy atom. The van der Waals surface area contributed by atoms with Gasteiger partial charge in [0.2, 0.25) is 0 Å². The number of aliphatic hydroxyl groups excluding tert-OH is 1. The molecule has 1 fully saturated rings. The highest BCUT2D eigenvalue weighted by Crippen LogP contribution is 2.24. The van der Waals surface area contributed by atoms with E-state index in [-0.39, 0.29) is 6.61 Å². The van der Waals surface area contributed by atoms with Gasteiger partial charge in [-0.1, -0.05) is 17.7 Å². The largest absolute Gasteiger partial charge is 0.396 e. The Kier molecular flexibility index (Phi) is 5.02. The van der Waals surface area contributed by atoms with Gasteiger partial charge in [-0.2, -0.15) is 0 Å². The van der Waals surface area contributed by atoms with Crippen molar-refractivity contribution in [2.75, 3.05) is 25.0 Å². The van der Waals surface area contributed by atoms with Gasteiger partial charge in [-0.05, 0) is 55.6 Å². The number of anilines is 1. The lowest BCUT2D eigenvalue weighted by Crippen LogP contribution is -2.43. The third-order valence-corrected chi connectivity index (χ3v) is 4.34. The van der Waals surface area contributed by atoms with Crippen LogP contribution in [0.4, 0.5) is 5.69 Å². The van der Waals surface area contributed by atoms with Crippen LogP contribution in [0.3, 0.4) is 0 Å². The standard InChI is InChI=1S/C14H19ClN2OS/c1-10-12(15)5-2-6-13(10)16-14(19)17-7-3-4-11(8-17)9-18/h2,5-6,11,18H,3-4,7-9H2,1H3,(H,16,19)/t11-/m1/s1. The van der Waals surface area contributed by atoms with E-state index >= 15 is 0 Å². The highest BCUT2D eigenvalue weighted by atomic mass is 35.5. The minimum Gasteiger partial charge on any atom is -0.396 e. The number of halogens is 1. The van der Waals surface area contributed by atoms with Crippen molar-refractivity contribution < 1.29 is 5.11 Å². The number of hydrogen-bond acceptors (Lipinski definition) is 2. The second-order valence-electron chi connectivity index (χ2n) is 4.98. The predicted octanol–water partition coefficient (Wildman–Crippen LogP) is 3.05. The lowest BCUT2D eigenvalue weighted by atomic mass is 9.99. The van der Waals surface area contributed by atoms with E-state index in [1.54, 1.807) is 0 Å². The Labute approximate surface area is 124 Å². The van der Waals surface area contributed by atoms with Crippen LogP contribution >= 0.6 is 23.8 Å². The molecule has 0 unspecified atom stereocenters. The molecule has 0 radical (unpaired) electrons. The van der Waals surface area contributed by atoms with Crippen molar-refractivity contribution in [2.24, 2.45) is 5.92 Å². The SMILES string of the molecule is Cc1c(Cl)cccc1NC(=S)N1CCC[C@@H](CO)C1. The fraction of sp³-hybridized carbons (Fsp3) is 0.500. The molecular weight excluding hydrogens is 280 g/mol. The van der Waals surface area contributed by atoms with Gasteiger partial charge >= 0.3 is 0 Å². The van der Waals surface area contributed by atoms with Crippen LogP contribution in [0.25, 0.3) is 0 Å². The Balaban J connectivity index is 2.02. The lowest BCUT2D eigenvalue weighted by molar-refractivity contribution is 0.162. The van der Waals surface area contributed by atoms with Gasteiger partial charge in [0.15, 0.2) is 5.11 Å². The van der Waals surface area contributed by atoms with Crippen LogP contribution in [0.15, 0.2) is 18.2 Å². The Hall–Kier alpha value is -0.840. The average molecular weight is 299 g/mol. The molecule has 1 aromatic rings. The number of nitrogens with zero attached hydrogens (tertiary/aromatic N) is 1. The Morgan fingerprint density at radius 3 is 3.11 bits per heavy atom. The average Bonchev–Trinajstić information content (AvgIpc) is 2.44. The van der Waals surface area contributed by atoms with Gasteiger partial charge in [0, 0.05) is 30.4 Å². The quantitative estimate of drug-likeness (QED) is 0.823. The molecule has 0 aromatic heterocycles. The fourth-order valence-corrected chi connectivity index (χ4v) is 2.79. The minimum absolute atomic E-state index is 0.231. The highest BCUT2D eigenvalue weighted by molar-refractivity contribution is 7.80. The minimum atomic E-state index is 0.231. The van der Waals surface area contributed by atoms with Crippen molar-refractivity contribution in [3.63, 3.8) is 0 Å². The summed E-state index contributed by atoms with van der Waals surface area (Å²) < 4.78 is 0. The smallest absolute Gasteiger partial charge is 0.173 e. The van der Waals surface area contributed by atoms with Gasteiger partial charge in [0.25, 0.3) is 0 Å². The van der Waals surface area contributed by atoms with Gasteiger partial charge in [-0.25, -0.2) is 0 Å². The third-order valence-electron chi connectivity index (χ3n) is 3.57. The molecule has 0 spiro atoms. The first-order valence-electron chi connectivity index (χ1n) is 6.53. The molecule has 1 atom stereocenters. The second-order valence-corrected chi connectivity index (χ2v) is 5.77. The van der Waals surface area contributed by atoms with E-state index < -0.39 is 0 Å². The molecule has 1 aromatic carbocycles. The van der Waals surface area contributed by atoms with Gasteiger partial charge in [0.05, 0.1) is 0 Å². The van der Waals surface area contributed by atoms with Crippen LogP contribution in [0.5, 0.6) is 0 Å². The molecular formula is C14H19ClN2OS. The molecule has 2 rings (SSSR count). The van der Waals surface area contributed by atoms with Crippen molar-refractivity contribution in [1.29, 1.82) is 0 Å². The first-order valence-corrected chi connectivity index (χ1v) is 7.32. The summed E-state index contributed by atoms with van der Waals surface area (Å²) in [5.74, 6) is 0.328. The number of thiocarbonyl (C=S) groups is 1. The normalized spacial score (nSPS) is 19.3. The van der Waals surface area contributed by atoms with Crippen LogP contribution in [0.1, 0.15) is 18.4 Å². The lowest BCUT2D eigenvalue weighted by Gasteiger charge is -2.34. The van der Waals surface area contributed by atoms with Crippen molar-refractivity contribution >= 4 is 34.6 Å². The van der Waals surface area contributed by atoms with Crippen LogP contribution in [-0.4, -0.2) is 34.8 Å². The molecule has 2 N–H and O–H groups in total. The van der Waals surface area contributed by atoms with Crippen LogP contribution < -0.4 is 5.32 Å². The van der Waals surface area contributed by atoms with Crippen molar-refractivity contribution in [3.05, 3.63) is 28.8 Å². The summed E-state index contributed by atoms with van der Waals surface area (Å²) in [5, 5.41) is 14.0. The number of rotatable bonds is 2. The summed E-state index contributed by atoms with van der Waals surface area (Å²) in [5.41, 5.74) is 1.95. The molecule has 1 aliphatic rings. The van der Waals surface area contributed by atoms with Gasteiger partial charge in [-0.3, -0.25) is 0 Å². The molecule has 0 bridgehead atoms. The number of nitrogens with one attached hydrogen (secondary N) is 1. The number of hydrogen-bond donors (Lipinski definition) is 2. The van der Waals surface area contributed by atoms with E-state index in [9.17, 15) is 5.11 Å². The number of benzene rings is 1. The highest BCUT2D eigenvalue weighted by Gasteiger charge is 2.21. The van der Waals surface area contributed by atoms with E-state index in [4.69, 9.17) is 23.8 Å². The zero-order chi connectivity index (χ0) is 13.8. The molecule has 3 nitrogen and oxygen atoms in total. The maximum absolute atomic E-state index is 9.25.